The monoisotopic (exact) mass is 433 g/mol. The second-order valence-electron chi connectivity index (χ2n) is 7.12. The number of aryl methyl sites for hydroxylation is 1. The summed E-state index contributed by atoms with van der Waals surface area (Å²) in [5, 5.41) is 7.13. The zero-order valence-electron chi connectivity index (χ0n) is 18.0. The van der Waals surface area contributed by atoms with Crippen LogP contribution in [0.25, 0.3) is 16.9 Å². The summed E-state index contributed by atoms with van der Waals surface area (Å²) < 4.78 is 13.2. The number of methoxy groups -OCH3 is 2. The minimum Gasteiger partial charge on any atom is -0.493 e. The Hall–Kier alpha value is -4.14. The van der Waals surface area contributed by atoms with Gasteiger partial charge in [-0.2, -0.15) is 0 Å². The molecule has 9 nitrogen and oxygen atoms in total. The molecule has 0 bridgehead atoms. The van der Waals surface area contributed by atoms with E-state index in [4.69, 9.17) is 9.47 Å². The Kier molecular flexibility index (Phi) is 5.89. The van der Waals surface area contributed by atoms with Gasteiger partial charge in [0.05, 0.1) is 19.9 Å². The number of aromatic nitrogens is 4. The van der Waals surface area contributed by atoms with Crippen molar-refractivity contribution in [3.05, 3.63) is 76.5 Å². The molecule has 4 aromatic rings. The van der Waals surface area contributed by atoms with Gasteiger partial charge in [-0.25, -0.2) is 18.9 Å². The number of nitrogens with zero attached hydrogens (tertiary/aromatic N) is 4. The molecule has 0 saturated carbocycles. The quantitative estimate of drug-likeness (QED) is 0.480. The molecular weight excluding hydrogens is 410 g/mol. The van der Waals surface area contributed by atoms with E-state index in [0.717, 1.165) is 15.8 Å². The third-order valence-corrected chi connectivity index (χ3v) is 5.06. The van der Waals surface area contributed by atoms with Gasteiger partial charge in [-0.1, -0.05) is 42.5 Å². The molecule has 164 valence electrons. The molecule has 2 aromatic heterocycles. The van der Waals surface area contributed by atoms with Crippen LogP contribution in [0.1, 0.15) is 11.4 Å². The third-order valence-electron chi connectivity index (χ3n) is 5.06. The highest BCUT2D eigenvalue weighted by atomic mass is 16.5. The van der Waals surface area contributed by atoms with Crippen LogP contribution >= 0.6 is 0 Å². The average molecular weight is 433 g/mol. The average Bonchev–Trinajstić information content (AvgIpc) is 3.13. The Labute approximate surface area is 184 Å². The predicted octanol–water partition coefficient (Wildman–Crippen LogP) is 2.20. The van der Waals surface area contributed by atoms with Gasteiger partial charge >= 0.3 is 5.69 Å². The SMILES string of the molecule is COc1cccc(CNC(=O)Cn2nc3cc(-c4ccccc4)nc(C)n3c2=O)c1OC. The number of nitrogens with one attached hydrogen (secondary N) is 1. The van der Waals surface area contributed by atoms with Gasteiger partial charge in [0.15, 0.2) is 17.1 Å². The molecule has 2 heterocycles. The highest BCUT2D eigenvalue weighted by Gasteiger charge is 2.16. The minimum atomic E-state index is -0.418. The molecule has 0 spiro atoms. The van der Waals surface area contributed by atoms with E-state index in [1.165, 1.54) is 4.40 Å². The third kappa shape index (κ3) is 4.04. The van der Waals surface area contributed by atoms with Crippen molar-refractivity contribution in [2.45, 2.75) is 20.0 Å². The number of carbonyl (C=O) groups excluding carboxylic acids is 1. The van der Waals surface area contributed by atoms with E-state index in [1.807, 2.05) is 42.5 Å². The molecule has 0 fully saturated rings. The van der Waals surface area contributed by atoms with E-state index in [-0.39, 0.29) is 19.0 Å². The number of rotatable bonds is 7. The maximum absolute atomic E-state index is 12.8. The van der Waals surface area contributed by atoms with E-state index >= 15 is 0 Å². The van der Waals surface area contributed by atoms with Crippen molar-refractivity contribution in [1.82, 2.24) is 24.5 Å². The highest BCUT2D eigenvalue weighted by molar-refractivity contribution is 5.75. The van der Waals surface area contributed by atoms with Crippen LogP contribution < -0.4 is 20.5 Å². The standard InChI is InChI=1S/C23H23N5O4/c1-15-25-18(16-8-5-4-6-9-16)12-20-26-27(23(30)28(15)20)14-21(29)24-13-17-10-7-11-19(31-2)22(17)32-3/h4-12H,13-14H2,1-3H3,(H,24,29). The summed E-state index contributed by atoms with van der Waals surface area (Å²) in [6.45, 7) is 1.75. The lowest BCUT2D eigenvalue weighted by molar-refractivity contribution is -0.122. The largest absolute Gasteiger partial charge is 0.493 e. The molecule has 0 aliphatic carbocycles. The fourth-order valence-corrected chi connectivity index (χ4v) is 3.54. The number of ether oxygens (including phenoxy) is 2. The van der Waals surface area contributed by atoms with Crippen molar-refractivity contribution in [3.63, 3.8) is 0 Å². The maximum Gasteiger partial charge on any atom is 0.352 e. The first-order chi connectivity index (χ1) is 15.5. The molecule has 0 unspecified atom stereocenters. The number of benzene rings is 2. The number of para-hydroxylation sites is 1. The minimum absolute atomic E-state index is 0.215. The number of amides is 1. The van der Waals surface area contributed by atoms with Gasteiger partial charge in [0.2, 0.25) is 5.91 Å². The Bertz CT molecular complexity index is 1330. The number of fused-ring (bicyclic) bond motifs is 1. The topological polar surface area (TPSA) is 99.7 Å². The van der Waals surface area contributed by atoms with Gasteiger partial charge in [-0.3, -0.25) is 4.79 Å². The van der Waals surface area contributed by atoms with Gasteiger partial charge < -0.3 is 14.8 Å². The molecule has 0 radical (unpaired) electrons. The number of hydrogen-bond donors (Lipinski definition) is 1. The molecule has 9 heteroatoms. The summed E-state index contributed by atoms with van der Waals surface area (Å²) in [5.41, 5.74) is 2.41. The summed E-state index contributed by atoms with van der Waals surface area (Å²) in [6.07, 6.45) is 0. The first-order valence-electron chi connectivity index (χ1n) is 10.0. The van der Waals surface area contributed by atoms with E-state index in [1.54, 1.807) is 33.3 Å². The van der Waals surface area contributed by atoms with E-state index in [9.17, 15) is 9.59 Å². The second-order valence-corrected chi connectivity index (χ2v) is 7.12. The molecule has 0 aliphatic heterocycles. The Morgan fingerprint density at radius 1 is 1.06 bits per heavy atom. The van der Waals surface area contributed by atoms with E-state index in [0.29, 0.717) is 28.7 Å². The normalized spacial score (nSPS) is 10.8. The fraction of sp³-hybridized carbons (Fsp3) is 0.217. The first kappa shape index (κ1) is 21.1. The zero-order valence-corrected chi connectivity index (χ0v) is 18.0. The van der Waals surface area contributed by atoms with Crippen molar-refractivity contribution in [1.29, 1.82) is 0 Å². The fourth-order valence-electron chi connectivity index (χ4n) is 3.54. The molecule has 0 atom stereocenters. The molecule has 1 N–H and O–H groups in total. The second kappa shape index (κ2) is 8.93. The van der Waals surface area contributed by atoms with E-state index in [2.05, 4.69) is 15.4 Å². The Balaban J connectivity index is 1.54. The Morgan fingerprint density at radius 3 is 2.56 bits per heavy atom. The van der Waals surface area contributed by atoms with Crippen molar-refractivity contribution >= 4 is 11.6 Å². The summed E-state index contributed by atoms with van der Waals surface area (Å²) in [4.78, 5) is 29.9. The smallest absolute Gasteiger partial charge is 0.352 e. The van der Waals surface area contributed by atoms with Crippen molar-refractivity contribution < 1.29 is 14.3 Å². The van der Waals surface area contributed by atoms with Gasteiger partial charge in [0.1, 0.15) is 12.4 Å². The molecular formula is C23H23N5O4. The lowest BCUT2D eigenvalue weighted by Gasteiger charge is -2.13. The van der Waals surface area contributed by atoms with Crippen molar-refractivity contribution in [2.24, 2.45) is 0 Å². The van der Waals surface area contributed by atoms with Gasteiger partial charge in [-0.05, 0) is 13.0 Å². The molecule has 2 aromatic carbocycles. The van der Waals surface area contributed by atoms with Crippen LogP contribution in [-0.2, 0) is 17.9 Å². The predicted molar refractivity (Wildman–Crippen MR) is 119 cm³/mol. The Morgan fingerprint density at radius 2 is 1.84 bits per heavy atom. The molecule has 0 aliphatic rings. The number of carbonyl (C=O) groups is 1. The van der Waals surface area contributed by atoms with Gasteiger partial charge in [0.25, 0.3) is 0 Å². The molecule has 4 rings (SSSR count). The highest BCUT2D eigenvalue weighted by Crippen LogP contribution is 2.30. The maximum atomic E-state index is 12.8. The van der Waals surface area contributed by atoms with Crippen LogP contribution in [0, 0.1) is 6.92 Å². The van der Waals surface area contributed by atoms with Crippen LogP contribution in [0.15, 0.2) is 59.4 Å². The van der Waals surface area contributed by atoms with Crippen LogP contribution in [0.3, 0.4) is 0 Å². The summed E-state index contributed by atoms with van der Waals surface area (Å²) in [7, 11) is 3.09. The molecule has 1 amide bonds. The van der Waals surface area contributed by atoms with Gasteiger partial charge in [-0.15, -0.1) is 5.10 Å². The summed E-state index contributed by atoms with van der Waals surface area (Å²) >= 11 is 0. The lowest BCUT2D eigenvalue weighted by Crippen LogP contribution is -2.32. The summed E-state index contributed by atoms with van der Waals surface area (Å²) in [6, 6.07) is 16.8. The van der Waals surface area contributed by atoms with Crippen LogP contribution in [-0.4, -0.2) is 39.3 Å². The molecule has 32 heavy (non-hydrogen) atoms. The van der Waals surface area contributed by atoms with Crippen molar-refractivity contribution in [2.75, 3.05) is 14.2 Å². The summed E-state index contributed by atoms with van der Waals surface area (Å²) in [5.74, 6) is 1.27. The van der Waals surface area contributed by atoms with Crippen molar-refractivity contribution in [3.8, 4) is 22.8 Å². The van der Waals surface area contributed by atoms with Crippen LogP contribution in [0.4, 0.5) is 0 Å². The van der Waals surface area contributed by atoms with Crippen LogP contribution in [0.2, 0.25) is 0 Å². The van der Waals surface area contributed by atoms with Crippen LogP contribution in [0.5, 0.6) is 11.5 Å². The van der Waals surface area contributed by atoms with E-state index < -0.39 is 5.69 Å². The zero-order chi connectivity index (χ0) is 22.7. The number of hydrogen-bond acceptors (Lipinski definition) is 6. The lowest BCUT2D eigenvalue weighted by atomic mass is 10.1. The molecule has 0 saturated heterocycles. The first-order valence-corrected chi connectivity index (χ1v) is 10.0. The van der Waals surface area contributed by atoms with Gasteiger partial charge in [0, 0.05) is 23.7 Å².